The van der Waals surface area contributed by atoms with Crippen molar-refractivity contribution in [3.05, 3.63) is 155 Å². The van der Waals surface area contributed by atoms with E-state index in [2.05, 4.69) is 160 Å². The number of rotatable bonds is 3. The first-order valence-electron chi connectivity index (χ1n) is 19.3. The second-order valence-electron chi connectivity index (χ2n) is 17.5. The van der Waals surface area contributed by atoms with Crippen molar-refractivity contribution in [3.8, 4) is 11.1 Å². The Hall–Kier alpha value is -5.74. The quantitative estimate of drug-likeness (QED) is 0.193. The molecular formula is C50H44N2O2. The van der Waals surface area contributed by atoms with Gasteiger partial charge in [0.05, 0.1) is 12.1 Å². The fourth-order valence-electron chi connectivity index (χ4n) is 9.91. The van der Waals surface area contributed by atoms with E-state index < -0.39 is 0 Å². The summed E-state index contributed by atoms with van der Waals surface area (Å²) in [5, 5.41) is 12.4. The van der Waals surface area contributed by atoms with Crippen molar-refractivity contribution in [1.29, 1.82) is 0 Å². The Morgan fingerprint density at radius 1 is 0.463 bits per heavy atom. The summed E-state index contributed by atoms with van der Waals surface area (Å²) in [7, 11) is 0. The molecule has 0 spiro atoms. The average Bonchev–Trinajstić information content (AvgIpc) is 3.16. The third-order valence-corrected chi connectivity index (χ3v) is 12.3. The molecule has 4 nitrogen and oxygen atoms in total. The van der Waals surface area contributed by atoms with Crippen LogP contribution in [-0.2, 0) is 9.59 Å². The van der Waals surface area contributed by atoms with E-state index in [1.807, 2.05) is 0 Å². The number of fused-ring (bicyclic) bond motifs is 8. The SMILES string of the molecule is CC1(C)CC(=O)C2=C(C1)c1c(ccc3ccccc13)N[C@H]2c1ccc(-c2ccc([C@H]3Nc4ccc5ccccc5c4C4=C3C(=O)CC(C)(C)C4)cc2)cc1. The number of hydrogen-bond donors (Lipinski definition) is 2. The van der Waals surface area contributed by atoms with Crippen LogP contribution in [0, 0.1) is 10.8 Å². The molecule has 266 valence electrons. The van der Waals surface area contributed by atoms with Crippen LogP contribution in [0.2, 0.25) is 0 Å². The lowest BCUT2D eigenvalue weighted by atomic mass is 9.67. The Morgan fingerprint density at radius 3 is 1.26 bits per heavy atom. The monoisotopic (exact) mass is 704 g/mol. The van der Waals surface area contributed by atoms with E-state index in [4.69, 9.17) is 0 Å². The number of nitrogens with one attached hydrogen (secondary N) is 2. The lowest BCUT2D eigenvalue weighted by Crippen LogP contribution is -2.33. The van der Waals surface area contributed by atoms with E-state index in [9.17, 15) is 9.59 Å². The van der Waals surface area contributed by atoms with Crippen LogP contribution < -0.4 is 10.6 Å². The molecule has 2 atom stereocenters. The Bertz CT molecular complexity index is 2450. The van der Waals surface area contributed by atoms with Gasteiger partial charge >= 0.3 is 0 Å². The third-order valence-electron chi connectivity index (χ3n) is 12.3. The van der Waals surface area contributed by atoms with Gasteiger partial charge in [0.2, 0.25) is 0 Å². The summed E-state index contributed by atoms with van der Waals surface area (Å²) in [5.41, 5.74) is 13.0. The summed E-state index contributed by atoms with van der Waals surface area (Å²) in [5.74, 6) is 0.477. The normalized spacial score (nSPS) is 21.2. The molecule has 6 aromatic rings. The van der Waals surface area contributed by atoms with Crippen molar-refractivity contribution in [2.24, 2.45) is 10.8 Å². The molecule has 2 aliphatic carbocycles. The largest absolute Gasteiger partial charge is 0.373 e. The van der Waals surface area contributed by atoms with E-state index in [0.29, 0.717) is 12.8 Å². The number of ketones is 2. The molecule has 0 aromatic heterocycles. The maximum Gasteiger partial charge on any atom is 0.162 e. The number of Topliss-reactive ketones (excluding diaryl/α,β-unsaturated/α-hetero) is 2. The summed E-state index contributed by atoms with van der Waals surface area (Å²) in [4.78, 5) is 27.9. The highest BCUT2D eigenvalue weighted by Gasteiger charge is 2.42. The molecule has 10 rings (SSSR count). The molecule has 0 saturated heterocycles. The van der Waals surface area contributed by atoms with Crippen molar-refractivity contribution in [3.63, 3.8) is 0 Å². The fraction of sp³-hybridized carbons (Fsp3) is 0.240. The Labute approximate surface area is 317 Å². The van der Waals surface area contributed by atoms with Gasteiger partial charge in [-0.25, -0.2) is 0 Å². The van der Waals surface area contributed by atoms with E-state index in [0.717, 1.165) is 57.6 Å². The summed E-state index contributed by atoms with van der Waals surface area (Å²) in [6.45, 7) is 8.85. The molecule has 4 heteroatoms. The van der Waals surface area contributed by atoms with E-state index in [1.165, 1.54) is 43.8 Å². The predicted molar refractivity (Wildman–Crippen MR) is 222 cm³/mol. The molecule has 0 fully saturated rings. The molecule has 0 bridgehead atoms. The minimum Gasteiger partial charge on any atom is -0.373 e. The van der Waals surface area contributed by atoms with E-state index in [-0.39, 0.29) is 34.5 Å². The number of carbonyl (C=O) groups is 2. The van der Waals surface area contributed by atoms with Gasteiger partial charge in [-0.15, -0.1) is 0 Å². The fourth-order valence-corrected chi connectivity index (χ4v) is 9.91. The molecule has 2 aliphatic heterocycles. The van der Waals surface area contributed by atoms with Gasteiger partial charge < -0.3 is 10.6 Å². The second-order valence-corrected chi connectivity index (χ2v) is 17.5. The minimum absolute atomic E-state index is 0.0913. The van der Waals surface area contributed by atoms with Gasteiger partial charge in [-0.3, -0.25) is 9.59 Å². The molecule has 0 radical (unpaired) electrons. The third kappa shape index (κ3) is 5.26. The molecule has 0 unspecified atom stereocenters. The van der Waals surface area contributed by atoms with Gasteiger partial charge in [0.25, 0.3) is 0 Å². The van der Waals surface area contributed by atoms with E-state index in [1.54, 1.807) is 0 Å². The van der Waals surface area contributed by atoms with Gasteiger partial charge in [-0.05, 0) is 90.7 Å². The van der Waals surface area contributed by atoms with Crippen molar-refractivity contribution in [2.45, 2.75) is 65.5 Å². The lowest BCUT2D eigenvalue weighted by Gasteiger charge is -2.40. The molecule has 0 saturated carbocycles. The van der Waals surface area contributed by atoms with Crippen molar-refractivity contribution in [2.75, 3.05) is 10.6 Å². The summed E-state index contributed by atoms with van der Waals surface area (Å²) in [6.07, 6.45) is 2.84. The van der Waals surface area contributed by atoms with Gasteiger partial charge in [0.1, 0.15) is 0 Å². The summed E-state index contributed by atoms with van der Waals surface area (Å²) >= 11 is 0. The molecule has 6 aromatic carbocycles. The molecule has 0 amide bonds. The van der Waals surface area contributed by atoms with Crippen LogP contribution in [-0.4, -0.2) is 11.6 Å². The minimum atomic E-state index is -0.202. The number of anilines is 2. The van der Waals surface area contributed by atoms with Gasteiger partial charge in [0, 0.05) is 46.5 Å². The van der Waals surface area contributed by atoms with Crippen LogP contribution >= 0.6 is 0 Å². The molecule has 54 heavy (non-hydrogen) atoms. The molecular weight excluding hydrogens is 661 g/mol. The summed E-state index contributed by atoms with van der Waals surface area (Å²) in [6, 6.07) is 42.7. The first-order chi connectivity index (χ1) is 26.0. The maximum absolute atomic E-state index is 14.0. The first-order valence-corrected chi connectivity index (χ1v) is 19.3. The zero-order valence-electron chi connectivity index (χ0n) is 31.3. The molecule has 4 aliphatic rings. The zero-order chi connectivity index (χ0) is 36.9. The molecule has 2 heterocycles. The van der Waals surface area contributed by atoms with Crippen molar-refractivity contribution in [1.82, 2.24) is 0 Å². The second kappa shape index (κ2) is 11.9. The highest BCUT2D eigenvalue weighted by molar-refractivity contribution is 6.14. The van der Waals surface area contributed by atoms with Crippen molar-refractivity contribution < 1.29 is 9.59 Å². The number of hydrogen-bond acceptors (Lipinski definition) is 4. The maximum atomic E-state index is 14.0. The topological polar surface area (TPSA) is 58.2 Å². The standard InChI is InChI=1S/C50H44N2O2/c1-49(2)25-37-43-35-11-7-5-9-31(35)21-23-39(43)51-47(45(37)41(53)27-49)33-17-13-29(14-18-33)30-15-19-34(20-16-30)48-46-38(26-50(3,4)28-42(46)54)44-36-12-8-6-10-32(36)22-24-40(44)52-48/h5-24,47-48,51-52H,25-28H2,1-4H3/t47-,48+. The van der Waals surface area contributed by atoms with Gasteiger partial charge in [-0.1, -0.05) is 137 Å². The van der Waals surface area contributed by atoms with Crippen LogP contribution in [0.3, 0.4) is 0 Å². The van der Waals surface area contributed by atoms with E-state index >= 15 is 0 Å². The van der Waals surface area contributed by atoms with Gasteiger partial charge in [-0.2, -0.15) is 0 Å². The zero-order valence-corrected chi connectivity index (χ0v) is 31.3. The highest BCUT2D eigenvalue weighted by Crippen LogP contribution is 2.54. The van der Waals surface area contributed by atoms with Crippen LogP contribution in [0.15, 0.2) is 132 Å². The average molecular weight is 705 g/mol. The Morgan fingerprint density at radius 2 is 0.852 bits per heavy atom. The lowest BCUT2D eigenvalue weighted by molar-refractivity contribution is -0.118. The first kappa shape index (κ1) is 32.9. The highest BCUT2D eigenvalue weighted by atomic mass is 16.1. The summed E-state index contributed by atoms with van der Waals surface area (Å²) < 4.78 is 0. The van der Waals surface area contributed by atoms with Crippen LogP contribution in [0.1, 0.15) is 87.7 Å². The van der Waals surface area contributed by atoms with Crippen LogP contribution in [0.4, 0.5) is 11.4 Å². The van der Waals surface area contributed by atoms with Crippen molar-refractivity contribution >= 4 is 55.6 Å². The Balaban J connectivity index is 0.986. The number of allylic oxidation sites excluding steroid dienone is 2. The van der Waals surface area contributed by atoms with Crippen LogP contribution in [0.25, 0.3) is 43.8 Å². The smallest absolute Gasteiger partial charge is 0.162 e. The van der Waals surface area contributed by atoms with Gasteiger partial charge in [0.15, 0.2) is 11.6 Å². The van der Waals surface area contributed by atoms with Crippen LogP contribution in [0.5, 0.6) is 0 Å². The Kier molecular flexibility index (Phi) is 7.23. The predicted octanol–water partition coefficient (Wildman–Crippen LogP) is 12.3. The molecule has 2 N–H and O–H groups in total. The number of benzene rings is 6. The number of carbonyl (C=O) groups excluding carboxylic acids is 2.